The SMILES string of the molecule is Cc1cnc(Nc2cnn(C3CCNCC3)c2)nc1-c1ccc(C(=O)NCC#N)cc1.Cl. The number of amides is 1. The molecule has 4 rings (SSSR count). The molecule has 0 unspecified atom stereocenters. The molecule has 1 fully saturated rings. The molecular formula is C22H25ClN8O. The molecule has 1 saturated heterocycles. The van der Waals surface area contributed by atoms with Crippen molar-refractivity contribution in [2.24, 2.45) is 0 Å². The van der Waals surface area contributed by atoms with Crippen LogP contribution < -0.4 is 16.0 Å². The van der Waals surface area contributed by atoms with Crippen molar-refractivity contribution in [1.29, 1.82) is 5.26 Å². The number of hydrogen-bond acceptors (Lipinski definition) is 7. The molecule has 166 valence electrons. The minimum Gasteiger partial charge on any atom is -0.339 e. The summed E-state index contributed by atoms with van der Waals surface area (Å²) in [6, 6.07) is 9.44. The highest BCUT2D eigenvalue weighted by Gasteiger charge is 2.16. The summed E-state index contributed by atoms with van der Waals surface area (Å²) in [5, 5.41) is 22.2. The highest BCUT2D eigenvalue weighted by atomic mass is 35.5. The average molecular weight is 453 g/mol. The molecule has 0 radical (unpaired) electrons. The Balaban J connectivity index is 0.00000289. The largest absolute Gasteiger partial charge is 0.339 e. The molecule has 32 heavy (non-hydrogen) atoms. The number of carbonyl (C=O) groups is 1. The quantitative estimate of drug-likeness (QED) is 0.491. The smallest absolute Gasteiger partial charge is 0.252 e. The first-order valence-electron chi connectivity index (χ1n) is 10.2. The van der Waals surface area contributed by atoms with Gasteiger partial charge in [0.25, 0.3) is 5.91 Å². The number of rotatable bonds is 6. The molecule has 2 aromatic heterocycles. The zero-order valence-electron chi connectivity index (χ0n) is 17.7. The number of nitrogens with one attached hydrogen (secondary N) is 3. The molecule has 0 bridgehead atoms. The molecule has 1 aliphatic heterocycles. The van der Waals surface area contributed by atoms with E-state index in [4.69, 9.17) is 5.26 Å². The van der Waals surface area contributed by atoms with Crippen LogP contribution in [0, 0.1) is 18.3 Å². The number of nitrogens with zero attached hydrogens (tertiary/aromatic N) is 5. The van der Waals surface area contributed by atoms with E-state index in [0.29, 0.717) is 17.6 Å². The summed E-state index contributed by atoms with van der Waals surface area (Å²) in [5.41, 5.74) is 3.93. The van der Waals surface area contributed by atoms with Crippen molar-refractivity contribution in [3.05, 3.63) is 54.0 Å². The monoisotopic (exact) mass is 452 g/mol. The molecule has 0 aliphatic carbocycles. The fourth-order valence-electron chi connectivity index (χ4n) is 3.60. The molecule has 3 aromatic rings. The van der Waals surface area contributed by atoms with E-state index < -0.39 is 0 Å². The van der Waals surface area contributed by atoms with Gasteiger partial charge in [-0.05, 0) is 50.6 Å². The lowest BCUT2D eigenvalue weighted by atomic mass is 10.1. The van der Waals surface area contributed by atoms with Gasteiger partial charge in [0, 0.05) is 23.5 Å². The first-order chi connectivity index (χ1) is 15.1. The average Bonchev–Trinajstić information content (AvgIpc) is 3.28. The molecular weight excluding hydrogens is 428 g/mol. The lowest BCUT2D eigenvalue weighted by molar-refractivity contribution is 0.0958. The van der Waals surface area contributed by atoms with Crippen LogP contribution in [0.4, 0.5) is 11.6 Å². The van der Waals surface area contributed by atoms with Gasteiger partial charge in [0.15, 0.2) is 0 Å². The van der Waals surface area contributed by atoms with Gasteiger partial charge in [-0.15, -0.1) is 12.4 Å². The summed E-state index contributed by atoms with van der Waals surface area (Å²) in [4.78, 5) is 21.1. The number of halogens is 1. The minimum atomic E-state index is -0.277. The maximum Gasteiger partial charge on any atom is 0.252 e. The first-order valence-corrected chi connectivity index (χ1v) is 10.2. The fourth-order valence-corrected chi connectivity index (χ4v) is 3.60. The fraction of sp³-hybridized carbons (Fsp3) is 0.318. The Morgan fingerprint density at radius 3 is 2.72 bits per heavy atom. The zero-order valence-corrected chi connectivity index (χ0v) is 18.5. The Morgan fingerprint density at radius 1 is 1.25 bits per heavy atom. The van der Waals surface area contributed by atoms with Crippen molar-refractivity contribution in [2.75, 3.05) is 25.0 Å². The molecule has 1 aliphatic rings. The van der Waals surface area contributed by atoms with Gasteiger partial charge in [0.2, 0.25) is 5.95 Å². The summed E-state index contributed by atoms with van der Waals surface area (Å²) < 4.78 is 2.01. The Hall–Kier alpha value is -3.48. The van der Waals surface area contributed by atoms with Gasteiger partial charge in [-0.1, -0.05) is 12.1 Å². The van der Waals surface area contributed by atoms with E-state index in [0.717, 1.165) is 48.4 Å². The normalized spacial score (nSPS) is 13.6. The Bertz CT molecular complexity index is 1100. The van der Waals surface area contributed by atoms with Gasteiger partial charge in [0.05, 0.1) is 29.7 Å². The van der Waals surface area contributed by atoms with E-state index in [1.807, 2.05) is 36.0 Å². The third-order valence-corrected chi connectivity index (χ3v) is 5.26. The second kappa shape index (κ2) is 10.7. The van der Waals surface area contributed by atoms with E-state index in [-0.39, 0.29) is 24.9 Å². The third-order valence-electron chi connectivity index (χ3n) is 5.26. The molecule has 0 saturated carbocycles. The third kappa shape index (κ3) is 5.41. The number of aromatic nitrogens is 4. The number of nitriles is 1. The van der Waals surface area contributed by atoms with Crippen LogP contribution in [0.1, 0.15) is 34.8 Å². The van der Waals surface area contributed by atoms with Crippen LogP contribution in [0.5, 0.6) is 0 Å². The second-order valence-corrected chi connectivity index (χ2v) is 7.46. The summed E-state index contributed by atoms with van der Waals surface area (Å²) >= 11 is 0. The van der Waals surface area contributed by atoms with E-state index in [1.54, 1.807) is 24.5 Å². The summed E-state index contributed by atoms with van der Waals surface area (Å²) in [5.74, 6) is 0.210. The number of benzene rings is 1. The lowest BCUT2D eigenvalue weighted by Gasteiger charge is -2.22. The van der Waals surface area contributed by atoms with E-state index in [1.165, 1.54) is 0 Å². The van der Waals surface area contributed by atoms with E-state index in [9.17, 15) is 4.79 Å². The highest BCUT2D eigenvalue weighted by molar-refractivity contribution is 5.94. The Morgan fingerprint density at radius 2 is 2.00 bits per heavy atom. The highest BCUT2D eigenvalue weighted by Crippen LogP contribution is 2.24. The molecule has 3 N–H and O–H groups in total. The Kier molecular flexibility index (Phi) is 7.76. The Labute approximate surface area is 192 Å². The van der Waals surface area contributed by atoms with Crippen LogP contribution in [-0.4, -0.2) is 45.3 Å². The lowest BCUT2D eigenvalue weighted by Crippen LogP contribution is -2.29. The molecule has 0 spiro atoms. The van der Waals surface area contributed by atoms with Crippen LogP contribution in [0.3, 0.4) is 0 Å². The van der Waals surface area contributed by atoms with Crippen LogP contribution in [0.2, 0.25) is 0 Å². The number of piperidine rings is 1. The molecule has 9 nitrogen and oxygen atoms in total. The molecule has 10 heteroatoms. The van der Waals surface area contributed by atoms with Gasteiger partial charge in [-0.2, -0.15) is 10.4 Å². The van der Waals surface area contributed by atoms with Crippen LogP contribution in [0.25, 0.3) is 11.3 Å². The predicted molar refractivity (Wildman–Crippen MR) is 124 cm³/mol. The van der Waals surface area contributed by atoms with Gasteiger partial charge >= 0.3 is 0 Å². The summed E-state index contributed by atoms with van der Waals surface area (Å²) in [6.45, 7) is 3.95. The van der Waals surface area contributed by atoms with Crippen LogP contribution in [0.15, 0.2) is 42.9 Å². The summed E-state index contributed by atoms with van der Waals surface area (Å²) in [6.07, 6.45) is 7.69. The number of carbonyl (C=O) groups excluding carboxylic acids is 1. The molecule has 1 amide bonds. The van der Waals surface area contributed by atoms with Crippen molar-refractivity contribution in [3.8, 4) is 17.3 Å². The second-order valence-electron chi connectivity index (χ2n) is 7.46. The van der Waals surface area contributed by atoms with Crippen molar-refractivity contribution >= 4 is 29.9 Å². The van der Waals surface area contributed by atoms with Crippen LogP contribution in [-0.2, 0) is 0 Å². The van der Waals surface area contributed by atoms with Gasteiger partial charge in [-0.25, -0.2) is 9.97 Å². The maximum atomic E-state index is 12.0. The molecule has 0 atom stereocenters. The van der Waals surface area contributed by atoms with E-state index in [2.05, 4.69) is 31.0 Å². The van der Waals surface area contributed by atoms with Gasteiger partial charge in [-0.3, -0.25) is 9.48 Å². The minimum absolute atomic E-state index is 0. The van der Waals surface area contributed by atoms with Crippen molar-refractivity contribution in [2.45, 2.75) is 25.8 Å². The van der Waals surface area contributed by atoms with Gasteiger partial charge < -0.3 is 16.0 Å². The van der Waals surface area contributed by atoms with Crippen molar-refractivity contribution < 1.29 is 4.79 Å². The number of anilines is 2. The van der Waals surface area contributed by atoms with Crippen molar-refractivity contribution in [1.82, 2.24) is 30.4 Å². The topological polar surface area (TPSA) is 121 Å². The summed E-state index contributed by atoms with van der Waals surface area (Å²) in [7, 11) is 0. The molecule has 1 aromatic carbocycles. The van der Waals surface area contributed by atoms with E-state index >= 15 is 0 Å². The van der Waals surface area contributed by atoms with Gasteiger partial charge in [0.1, 0.15) is 6.54 Å². The predicted octanol–water partition coefficient (Wildman–Crippen LogP) is 2.99. The molecule has 3 heterocycles. The van der Waals surface area contributed by atoms with Crippen LogP contribution >= 0.6 is 12.4 Å². The zero-order chi connectivity index (χ0) is 21.6. The van der Waals surface area contributed by atoms with Crippen molar-refractivity contribution in [3.63, 3.8) is 0 Å². The number of hydrogen-bond donors (Lipinski definition) is 3. The standard InChI is InChI=1S/C22H24N8O.ClH/c1-15-12-26-22(28-18-13-27-30(14-18)19-6-9-24-10-7-19)29-20(15)16-2-4-17(5-3-16)21(31)25-11-8-23;/h2-5,12-14,19,24H,6-7,9-11H2,1H3,(H,25,31)(H,26,28,29);1H. The maximum absolute atomic E-state index is 12.0. The number of aryl methyl sites for hydroxylation is 1. The first kappa shape index (κ1) is 23.2.